The fraction of sp³-hybridized carbons (Fsp3) is 0.643. The van der Waals surface area contributed by atoms with E-state index >= 15 is 0 Å². The minimum Gasteiger partial charge on any atom is -0.480 e. The molecule has 1 aliphatic rings. The molecule has 2 N–H and O–H groups in total. The van der Waals surface area contributed by atoms with Crippen LogP contribution in [0.2, 0.25) is 0 Å². The predicted molar refractivity (Wildman–Crippen MR) is 73.8 cm³/mol. The number of thiophene rings is 1. The first-order valence-corrected chi connectivity index (χ1v) is 7.48. The van der Waals surface area contributed by atoms with Crippen LogP contribution in [-0.2, 0) is 4.79 Å². The molecule has 0 radical (unpaired) electrons. The minimum atomic E-state index is -0.731. The van der Waals surface area contributed by atoms with Gasteiger partial charge in [-0.2, -0.15) is 0 Å². The van der Waals surface area contributed by atoms with Crippen LogP contribution in [0, 0.1) is 11.8 Å². The number of carbonyl (C=O) groups is 1. The molecule has 2 atom stereocenters. The van der Waals surface area contributed by atoms with Gasteiger partial charge in [0.2, 0.25) is 0 Å². The lowest BCUT2D eigenvalue weighted by Gasteiger charge is -2.23. The molecule has 1 aromatic rings. The minimum absolute atomic E-state index is 0.227. The second-order valence-electron chi connectivity index (χ2n) is 5.52. The highest BCUT2D eigenvalue weighted by Gasteiger charge is 2.35. The molecule has 2 rings (SSSR count). The summed E-state index contributed by atoms with van der Waals surface area (Å²) in [7, 11) is 0. The van der Waals surface area contributed by atoms with Gasteiger partial charge in [0.05, 0.1) is 0 Å². The van der Waals surface area contributed by atoms with Crippen molar-refractivity contribution in [3.63, 3.8) is 0 Å². The molecule has 1 fully saturated rings. The molecule has 0 aromatic carbocycles. The molecule has 2 unspecified atom stereocenters. The molecule has 1 aromatic heterocycles. The number of hydrogen-bond donors (Lipinski definition) is 2. The molecule has 3 nitrogen and oxygen atoms in total. The third-order valence-corrected chi connectivity index (χ3v) is 4.28. The van der Waals surface area contributed by atoms with Gasteiger partial charge in [0, 0.05) is 10.9 Å². The first kappa shape index (κ1) is 13.6. The first-order chi connectivity index (χ1) is 8.58. The van der Waals surface area contributed by atoms with E-state index in [1.54, 1.807) is 11.3 Å². The van der Waals surface area contributed by atoms with E-state index in [0.29, 0.717) is 18.3 Å². The second kappa shape index (κ2) is 5.85. The average Bonchev–Trinajstić information content (AvgIpc) is 2.98. The molecule has 100 valence electrons. The number of aliphatic carboxylic acids is 1. The van der Waals surface area contributed by atoms with Crippen molar-refractivity contribution in [1.29, 1.82) is 0 Å². The van der Waals surface area contributed by atoms with Crippen LogP contribution in [0.1, 0.15) is 44.0 Å². The van der Waals surface area contributed by atoms with Gasteiger partial charge in [0.25, 0.3) is 0 Å². The average molecular weight is 267 g/mol. The quantitative estimate of drug-likeness (QED) is 0.797. The molecule has 0 bridgehead atoms. The van der Waals surface area contributed by atoms with Gasteiger partial charge in [0.1, 0.15) is 6.04 Å². The van der Waals surface area contributed by atoms with E-state index in [1.807, 2.05) is 6.07 Å². The summed E-state index contributed by atoms with van der Waals surface area (Å²) in [6.45, 7) is 4.13. The third kappa shape index (κ3) is 3.56. The molecule has 0 aliphatic heterocycles. The maximum atomic E-state index is 11.3. The summed E-state index contributed by atoms with van der Waals surface area (Å²) in [5.74, 6) is 0.283. The van der Waals surface area contributed by atoms with E-state index in [2.05, 4.69) is 30.6 Å². The molecule has 18 heavy (non-hydrogen) atoms. The van der Waals surface area contributed by atoms with Crippen LogP contribution < -0.4 is 5.32 Å². The molecule has 1 saturated carbocycles. The normalized spacial score (nSPS) is 18.8. The Balaban J connectivity index is 2.05. The van der Waals surface area contributed by atoms with Crippen molar-refractivity contribution in [2.45, 2.75) is 45.2 Å². The standard InChI is InChI=1S/C14H21NO2S/c1-9(2)8-11(14(16)17)15-13(10-5-6-10)12-4-3-7-18-12/h3-4,7,9-11,13,15H,5-6,8H2,1-2H3,(H,16,17). The van der Waals surface area contributed by atoms with Gasteiger partial charge in [-0.1, -0.05) is 19.9 Å². The van der Waals surface area contributed by atoms with E-state index in [1.165, 1.54) is 17.7 Å². The first-order valence-electron chi connectivity index (χ1n) is 6.60. The summed E-state index contributed by atoms with van der Waals surface area (Å²) in [5, 5.41) is 14.7. The van der Waals surface area contributed by atoms with Crippen LogP contribution in [0.4, 0.5) is 0 Å². The van der Waals surface area contributed by atoms with E-state index < -0.39 is 12.0 Å². The lowest BCUT2D eigenvalue weighted by atomic mass is 10.0. The van der Waals surface area contributed by atoms with Crippen molar-refractivity contribution in [3.8, 4) is 0 Å². The van der Waals surface area contributed by atoms with Gasteiger partial charge >= 0.3 is 5.97 Å². The number of carboxylic acid groups (broad SMARTS) is 1. The summed E-state index contributed by atoms with van der Waals surface area (Å²) in [6.07, 6.45) is 3.11. The summed E-state index contributed by atoms with van der Waals surface area (Å²) in [4.78, 5) is 12.6. The van der Waals surface area contributed by atoms with Gasteiger partial charge in [-0.3, -0.25) is 10.1 Å². The highest BCUT2D eigenvalue weighted by Crippen LogP contribution is 2.42. The summed E-state index contributed by atoms with van der Waals surface area (Å²) < 4.78 is 0. The van der Waals surface area contributed by atoms with Crippen LogP contribution in [0.15, 0.2) is 17.5 Å². The Hall–Kier alpha value is -0.870. The Bertz CT molecular complexity index is 385. The number of carboxylic acids is 1. The van der Waals surface area contributed by atoms with Crippen molar-refractivity contribution in [2.75, 3.05) is 0 Å². The molecule has 1 heterocycles. The monoisotopic (exact) mass is 267 g/mol. The van der Waals surface area contributed by atoms with E-state index in [4.69, 9.17) is 0 Å². The zero-order valence-electron chi connectivity index (χ0n) is 10.9. The molecule has 0 spiro atoms. The summed E-state index contributed by atoms with van der Waals surface area (Å²) >= 11 is 1.72. The zero-order valence-corrected chi connectivity index (χ0v) is 11.7. The highest BCUT2D eigenvalue weighted by atomic mass is 32.1. The Morgan fingerprint density at radius 1 is 1.56 bits per heavy atom. The van der Waals surface area contributed by atoms with Crippen molar-refractivity contribution < 1.29 is 9.90 Å². The second-order valence-corrected chi connectivity index (χ2v) is 6.50. The van der Waals surface area contributed by atoms with E-state index in [0.717, 1.165) is 0 Å². The fourth-order valence-electron chi connectivity index (χ4n) is 2.28. The smallest absolute Gasteiger partial charge is 0.320 e. The topological polar surface area (TPSA) is 49.3 Å². The summed E-state index contributed by atoms with van der Waals surface area (Å²) in [6, 6.07) is 3.94. The fourth-order valence-corrected chi connectivity index (χ4v) is 3.16. The van der Waals surface area contributed by atoms with Crippen molar-refractivity contribution in [2.24, 2.45) is 11.8 Å². The van der Waals surface area contributed by atoms with Gasteiger partial charge in [-0.05, 0) is 42.5 Å². The van der Waals surface area contributed by atoms with Crippen LogP contribution in [0.25, 0.3) is 0 Å². The lowest BCUT2D eigenvalue weighted by molar-refractivity contribution is -0.140. The molecule has 1 aliphatic carbocycles. The van der Waals surface area contributed by atoms with E-state index in [-0.39, 0.29) is 6.04 Å². The van der Waals surface area contributed by atoms with Crippen LogP contribution in [0.5, 0.6) is 0 Å². The number of hydrogen-bond acceptors (Lipinski definition) is 3. The lowest BCUT2D eigenvalue weighted by Crippen LogP contribution is -2.40. The Morgan fingerprint density at radius 3 is 2.72 bits per heavy atom. The number of nitrogens with one attached hydrogen (secondary N) is 1. The highest BCUT2D eigenvalue weighted by molar-refractivity contribution is 7.10. The Kier molecular flexibility index (Phi) is 4.40. The van der Waals surface area contributed by atoms with Gasteiger partial charge in [-0.25, -0.2) is 0 Å². The molecular formula is C14H21NO2S. The Labute approximate surface area is 112 Å². The molecule has 0 saturated heterocycles. The maximum absolute atomic E-state index is 11.3. The van der Waals surface area contributed by atoms with Gasteiger partial charge in [0.15, 0.2) is 0 Å². The molecule has 4 heteroatoms. The van der Waals surface area contributed by atoms with Crippen molar-refractivity contribution >= 4 is 17.3 Å². The van der Waals surface area contributed by atoms with Crippen molar-refractivity contribution in [1.82, 2.24) is 5.32 Å². The van der Waals surface area contributed by atoms with Gasteiger partial charge in [-0.15, -0.1) is 11.3 Å². The van der Waals surface area contributed by atoms with Gasteiger partial charge < -0.3 is 5.11 Å². The number of rotatable bonds is 7. The summed E-state index contributed by atoms with van der Waals surface area (Å²) in [5.41, 5.74) is 0. The maximum Gasteiger partial charge on any atom is 0.320 e. The van der Waals surface area contributed by atoms with E-state index in [9.17, 15) is 9.90 Å². The third-order valence-electron chi connectivity index (χ3n) is 3.33. The zero-order chi connectivity index (χ0) is 13.1. The molecule has 0 amide bonds. The predicted octanol–water partition coefficient (Wildman–Crippen LogP) is 3.29. The Morgan fingerprint density at radius 2 is 2.28 bits per heavy atom. The van der Waals surface area contributed by atoms with Crippen LogP contribution in [-0.4, -0.2) is 17.1 Å². The SMILES string of the molecule is CC(C)CC(NC(c1cccs1)C1CC1)C(=O)O. The molecular weight excluding hydrogens is 246 g/mol. The van der Waals surface area contributed by atoms with Crippen LogP contribution in [0.3, 0.4) is 0 Å². The largest absolute Gasteiger partial charge is 0.480 e. The van der Waals surface area contributed by atoms with Crippen molar-refractivity contribution in [3.05, 3.63) is 22.4 Å². The van der Waals surface area contributed by atoms with Crippen LogP contribution >= 0.6 is 11.3 Å².